The van der Waals surface area contributed by atoms with E-state index < -0.39 is 16.6 Å². The minimum atomic E-state index is -0.798. The summed E-state index contributed by atoms with van der Waals surface area (Å²) in [4.78, 5) is 22.0. The van der Waals surface area contributed by atoms with Crippen LogP contribution in [0.1, 0.15) is 10.4 Å². The number of carbonyl (C=O) groups is 1. The van der Waals surface area contributed by atoms with E-state index in [1.807, 2.05) is 0 Å². The summed E-state index contributed by atoms with van der Waals surface area (Å²) in [7, 11) is 1.52. The third kappa shape index (κ3) is 2.91. The number of methoxy groups -OCH3 is 1. The van der Waals surface area contributed by atoms with E-state index in [0.29, 0.717) is 13.1 Å². The maximum atomic E-state index is 13.6. The predicted octanol–water partition coefficient (Wildman–Crippen LogP) is 0.451. The van der Waals surface area contributed by atoms with Crippen molar-refractivity contribution in [3.63, 3.8) is 0 Å². The lowest BCUT2D eigenvalue weighted by Crippen LogP contribution is -2.43. The Kier molecular flexibility index (Phi) is 4.26. The second-order valence-electron chi connectivity index (χ2n) is 4.43. The molecule has 1 heterocycles. The van der Waals surface area contributed by atoms with E-state index in [4.69, 9.17) is 4.74 Å². The molecule has 1 aliphatic rings. The molecule has 1 aliphatic heterocycles. The summed E-state index contributed by atoms with van der Waals surface area (Å²) in [5, 5.41) is 16.3. The van der Waals surface area contributed by atoms with Crippen LogP contribution in [0.15, 0.2) is 18.2 Å². The first-order valence-electron chi connectivity index (χ1n) is 6.01. The topological polar surface area (TPSA) is 93.5 Å². The lowest BCUT2D eigenvalue weighted by Gasteiger charge is -2.18. The Morgan fingerprint density at radius 2 is 2.30 bits per heavy atom. The fourth-order valence-electron chi connectivity index (χ4n) is 2.09. The second kappa shape index (κ2) is 5.93. The van der Waals surface area contributed by atoms with Crippen LogP contribution in [0, 0.1) is 15.9 Å². The van der Waals surface area contributed by atoms with Gasteiger partial charge in [0, 0.05) is 32.3 Å². The van der Waals surface area contributed by atoms with Crippen LogP contribution < -0.4 is 10.6 Å². The number of nitrogens with one attached hydrogen (secondary N) is 2. The number of non-ortho nitro benzene ring substituents is 1. The summed E-state index contributed by atoms with van der Waals surface area (Å²) in [6.45, 7) is 1.08. The molecule has 0 bridgehead atoms. The molecule has 1 amide bonds. The van der Waals surface area contributed by atoms with Gasteiger partial charge in [-0.25, -0.2) is 4.39 Å². The zero-order valence-corrected chi connectivity index (χ0v) is 10.8. The van der Waals surface area contributed by atoms with Crippen LogP contribution >= 0.6 is 0 Å². The van der Waals surface area contributed by atoms with E-state index in [2.05, 4.69) is 10.6 Å². The number of nitro benzene ring substituents is 1. The summed E-state index contributed by atoms with van der Waals surface area (Å²) in [6.07, 6.45) is -0.208. The molecule has 8 heteroatoms. The van der Waals surface area contributed by atoms with Crippen LogP contribution in [0.25, 0.3) is 0 Å². The molecular weight excluding hydrogens is 269 g/mol. The number of hydrogen-bond donors (Lipinski definition) is 2. The molecule has 1 fully saturated rings. The highest BCUT2D eigenvalue weighted by molar-refractivity contribution is 5.95. The van der Waals surface area contributed by atoms with E-state index in [1.165, 1.54) is 7.11 Å². The van der Waals surface area contributed by atoms with Crippen molar-refractivity contribution >= 4 is 11.6 Å². The SMILES string of the molecule is CO[C@H]1CNCC1NC(=O)c1cc([N+](=O)[O-])ccc1F. The van der Waals surface area contributed by atoms with Gasteiger partial charge in [0.15, 0.2) is 0 Å². The highest BCUT2D eigenvalue weighted by atomic mass is 19.1. The number of hydrogen-bond acceptors (Lipinski definition) is 5. The van der Waals surface area contributed by atoms with Crippen LogP contribution in [0.2, 0.25) is 0 Å². The highest BCUT2D eigenvalue weighted by Crippen LogP contribution is 2.17. The van der Waals surface area contributed by atoms with Gasteiger partial charge in [-0.3, -0.25) is 14.9 Å². The number of ether oxygens (including phenoxy) is 1. The average Bonchev–Trinajstić information content (AvgIpc) is 2.86. The van der Waals surface area contributed by atoms with Gasteiger partial charge in [0.05, 0.1) is 22.6 Å². The van der Waals surface area contributed by atoms with Gasteiger partial charge in [-0.2, -0.15) is 0 Å². The van der Waals surface area contributed by atoms with Crippen LogP contribution in [-0.4, -0.2) is 43.2 Å². The Labute approximate surface area is 114 Å². The fraction of sp³-hybridized carbons (Fsp3) is 0.417. The van der Waals surface area contributed by atoms with Crippen LogP contribution in [0.5, 0.6) is 0 Å². The van der Waals surface area contributed by atoms with E-state index in [-0.39, 0.29) is 23.4 Å². The van der Waals surface area contributed by atoms with Crippen molar-refractivity contribution in [2.45, 2.75) is 12.1 Å². The van der Waals surface area contributed by atoms with Crippen molar-refractivity contribution in [3.8, 4) is 0 Å². The van der Waals surface area contributed by atoms with Crippen LogP contribution in [0.3, 0.4) is 0 Å². The maximum absolute atomic E-state index is 13.6. The summed E-state index contributed by atoms with van der Waals surface area (Å²) in [5.41, 5.74) is -0.676. The molecule has 0 saturated carbocycles. The summed E-state index contributed by atoms with van der Waals surface area (Å²) >= 11 is 0. The van der Waals surface area contributed by atoms with Gasteiger partial charge in [-0.05, 0) is 6.07 Å². The zero-order valence-electron chi connectivity index (χ0n) is 10.8. The fourth-order valence-corrected chi connectivity index (χ4v) is 2.09. The third-order valence-electron chi connectivity index (χ3n) is 3.18. The quantitative estimate of drug-likeness (QED) is 0.618. The van der Waals surface area contributed by atoms with Gasteiger partial charge < -0.3 is 15.4 Å². The van der Waals surface area contributed by atoms with Crippen LogP contribution in [-0.2, 0) is 4.74 Å². The molecule has 1 aromatic rings. The molecule has 20 heavy (non-hydrogen) atoms. The minimum absolute atomic E-state index is 0.208. The maximum Gasteiger partial charge on any atom is 0.270 e. The van der Waals surface area contributed by atoms with Gasteiger partial charge in [0.2, 0.25) is 0 Å². The smallest absolute Gasteiger partial charge is 0.270 e. The molecule has 2 N–H and O–H groups in total. The summed E-state index contributed by atoms with van der Waals surface area (Å²) in [6, 6.07) is 2.55. The Hall–Kier alpha value is -2.06. The van der Waals surface area contributed by atoms with E-state index >= 15 is 0 Å². The van der Waals surface area contributed by atoms with Crippen molar-refractivity contribution in [2.75, 3.05) is 20.2 Å². The van der Waals surface area contributed by atoms with Gasteiger partial charge >= 0.3 is 0 Å². The summed E-state index contributed by atoms with van der Waals surface area (Å²) in [5.74, 6) is -1.49. The molecule has 0 spiro atoms. The van der Waals surface area contributed by atoms with Crippen molar-refractivity contribution in [3.05, 3.63) is 39.7 Å². The molecule has 108 valence electrons. The third-order valence-corrected chi connectivity index (χ3v) is 3.18. The lowest BCUT2D eigenvalue weighted by atomic mass is 10.1. The molecule has 1 aromatic carbocycles. The number of nitro groups is 1. The van der Waals surface area contributed by atoms with Gasteiger partial charge in [0.25, 0.3) is 11.6 Å². The number of amides is 1. The van der Waals surface area contributed by atoms with E-state index in [9.17, 15) is 19.3 Å². The number of carbonyl (C=O) groups excluding carboxylic acids is 1. The zero-order chi connectivity index (χ0) is 14.7. The molecule has 2 atom stereocenters. The number of nitrogens with zero attached hydrogens (tertiary/aromatic N) is 1. The first-order chi connectivity index (χ1) is 9.52. The molecule has 1 saturated heterocycles. The van der Waals surface area contributed by atoms with Crippen molar-refractivity contribution < 1.29 is 18.8 Å². The van der Waals surface area contributed by atoms with Gasteiger partial charge in [0.1, 0.15) is 5.82 Å². The highest BCUT2D eigenvalue weighted by Gasteiger charge is 2.29. The van der Waals surface area contributed by atoms with E-state index in [1.54, 1.807) is 0 Å². The average molecular weight is 283 g/mol. The molecule has 1 unspecified atom stereocenters. The number of rotatable bonds is 4. The largest absolute Gasteiger partial charge is 0.378 e. The molecule has 0 aliphatic carbocycles. The van der Waals surface area contributed by atoms with Crippen molar-refractivity contribution in [1.29, 1.82) is 0 Å². The Morgan fingerprint density at radius 3 is 2.95 bits per heavy atom. The second-order valence-corrected chi connectivity index (χ2v) is 4.43. The monoisotopic (exact) mass is 283 g/mol. The Bertz CT molecular complexity index is 537. The predicted molar refractivity (Wildman–Crippen MR) is 68.0 cm³/mol. The molecule has 7 nitrogen and oxygen atoms in total. The normalized spacial score (nSPS) is 21.7. The first-order valence-corrected chi connectivity index (χ1v) is 6.01. The molecular formula is C12H14FN3O4. The van der Waals surface area contributed by atoms with Crippen LogP contribution in [0.4, 0.5) is 10.1 Å². The number of benzene rings is 1. The van der Waals surface area contributed by atoms with Crippen molar-refractivity contribution in [2.24, 2.45) is 0 Å². The molecule has 0 radical (unpaired) electrons. The van der Waals surface area contributed by atoms with E-state index in [0.717, 1.165) is 18.2 Å². The van der Waals surface area contributed by atoms with Crippen molar-refractivity contribution in [1.82, 2.24) is 10.6 Å². The van der Waals surface area contributed by atoms with Gasteiger partial charge in [-0.15, -0.1) is 0 Å². The lowest BCUT2D eigenvalue weighted by molar-refractivity contribution is -0.384. The number of halogens is 1. The minimum Gasteiger partial charge on any atom is -0.378 e. The Morgan fingerprint density at radius 1 is 1.55 bits per heavy atom. The first kappa shape index (κ1) is 14.4. The molecule has 0 aromatic heterocycles. The summed E-state index contributed by atoms with van der Waals surface area (Å²) < 4.78 is 18.8. The Balaban J connectivity index is 2.16. The standard InChI is InChI=1S/C12H14FN3O4/c1-20-11-6-14-5-10(11)15-12(17)8-4-7(16(18)19)2-3-9(8)13/h2-4,10-11,14H,5-6H2,1H3,(H,15,17)/t10?,11-/m0/s1. The van der Waals surface area contributed by atoms with Gasteiger partial charge in [-0.1, -0.05) is 0 Å². The molecule has 2 rings (SSSR count).